The maximum Gasteiger partial charge on any atom is 0.220 e. The molecule has 4 heteroatoms. The molecule has 1 aromatic carbocycles. The minimum atomic E-state index is -0.00188. The number of amides is 1. The summed E-state index contributed by atoms with van der Waals surface area (Å²) >= 11 is 0. The topological polar surface area (TPSA) is 78.9 Å². The van der Waals surface area contributed by atoms with Crippen molar-refractivity contribution in [3.8, 4) is 17.9 Å². The van der Waals surface area contributed by atoms with E-state index in [2.05, 4.69) is 37.9 Å². The third kappa shape index (κ3) is 6.49. The lowest BCUT2D eigenvalue weighted by atomic mass is 9.90. The van der Waals surface area contributed by atoms with Crippen molar-refractivity contribution in [2.75, 3.05) is 12.3 Å². The molecule has 0 saturated heterocycles. The average Bonchev–Trinajstić information content (AvgIpc) is 2.42. The molecule has 0 aliphatic rings. The quantitative estimate of drug-likeness (QED) is 0.660. The number of rotatable bonds is 3. The Bertz CT molecular complexity index is 610. The van der Waals surface area contributed by atoms with Crippen LogP contribution in [0, 0.1) is 28.6 Å². The van der Waals surface area contributed by atoms with E-state index >= 15 is 0 Å². The minimum absolute atomic E-state index is 0.00188. The lowest BCUT2D eigenvalue weighted by Crippen LogP contribution is -2.24. The van der Waals surface area contributed by atoms with Crippen LogP contribution in [0.4, 0.5) is 5.69 Å². The summed E-state index contributed by atoms with van der Waals surface area (Å²) in [7, 11) is 0. The zero-order valence-electron chi connectivity index (χ0n) is 12.8. The van der Waals surface area contributed by atoms with Crippen LogP contribution in [-0.2, 0) is 4.79 Å². The fourth-order valence-electron chi connectivity index (χ4n) is 1.59. The zero-order valence-corrected chi connectivity index (χ0v) is 12.8. The van der Waals surface area contributed by atoms with Crippen molar-refractivity contribution in [2.24, 2.45) is 5.41 Å². The second kappa shape index (κ2) is 7.36. The summed E-state index contributed by atoms with van der Waals surface area (Å²) in [5.74, 6) is 5.72. The molecule has 4 nitrogen and oxygen atoms in total. The van der Waals surface area contributed by atoms with Crippen molar-refractivity contribution in [3.63, 3.8) is 0 Å². The van der Waals surface area contributed by atoms with Crippen LogP contribution in [0.25, 0.3) is 0 Å². The van der Waals surface area contributed by atoms with Gasteiger partial charge in [-0.3, -0.25) is 4.79 Å². The van der Waals surface area contributed by atoms with Crippen LogP contribution >= 0.6 is 0 Å². The first-order valence-corrected chi connectivity index (χ1v) is 6.87. The first-order valence-electron chi connectivity index (χ1n) is 6.87. The molecule has 1 rings (SSSR count). The Balaban J connectivity index is 2.50. The molecule has 0 saturated carbocycles. The van der Waals surface area contributed by atoms with E-state index in [9.17, 15) is 4.79 Å². The van der Waals surface area contributed by atoms with Gasteiger partial charge in [-0.1, -0.05) is 32.6 Å². The Morgan fingerprint density at radius 1 is 1.38 bits per heavy atom. The van der Waals surface area contributed by atoms with Crippen molar-refractivity contribution < 1.29 is 4.79 Å². The number of carbonyl (C=O) groups is 1. The zero-order chi connectivity index (χ0) is 15.9. The highest BCUT2D eigenvalue weighted by Gasteiger charge is 2.12. The van der Waals surface area contributed by atoms with E-state index < -0.39 is 0 Å². The van der Waals surface area contributed by atoms with E-state index in [0.717, 1.165) is 6.42 Å². The lowest BCUT2D eigenvalue weighted by molar-refractivity contribution is -0.121. The predicted octanol–water partition coefficient (Wildman–Crippen LogP) is 2.43. The Kier molecular flexibility index (Phi) is 5.81. The van der Waals surface area contributed by atoms with E-state index in [4.69, 9.17) is 11.0 Å². The number of anilines is 1. The number of hydrogen-bond acceptors (Lipinski definition) is 3. The number of nitrogen functional groups attached to an aromatic ring is 1. The molecule has 0 radical (unpaired) electrons. The fourth-order valence-corrected chi connectivity index (χ4v) is 1.59. The lowest BCUT2D eigenvalue weighted by Gasteiger charge is -2.16. The van der Waals surface area contributed by atoms with Gasteiger partial charge in [0.1, 0.15) is 0 Å². The Hall–Kier alpha value is -2.46. The number of hydrogen-bond donors (Lipinski definition) is 2. The molecule has 21 heavy (non-hydrogen) atoms. The standard InChI is InChI=1S/C17H21N3O/c1-17(2,3)9-8-16(21)20-10-4-5-14-11-13(12-18)6-7-15(14)19/h6-7,11H,8-10,19H2,1-3H3,(H,20,21). The predicted molar refractivity (Wildman–Crippen MR) is 84.1 cm³/mol. The molecule has 0 spiro atoms. The molecule has 0 aliphatic heterocycles. The van der Waals surface area contributed by atoms with Crippen LogP contribution in [0.1, 0.15) is 44.7 Å². The van der Waals surface area contributed by atoms with Crippen LogP contribution in [0.3, 0.4) is 0 Å². The number of nitriles is 1. The third-order valence-electron chi connectivity index (χ3n) is 2.88. The fraction of sp³-hybridized carbons (Fsp3) is 0.412. The van der Waals surface area contributed by atoms with Crippen LogP contribution < -0.4 is 11.1 Å². The first kappa shape index (κ1) is 16.6. The first-order chi connectivity index (χ1) is 9.81. The maximum atomic E-state index is 11.6. The maximum absolute atomic E-state index is 11.6. The van der Waals surface area contributed by atoms with Gasteiger partial charge in [0.05, 0.1) is 18.2 Å². The van der Waals surface area contributed by atoms with Gasteiger partial charge in [-0.05, 0) is 30.0 Å². The van der Waals surface area contributed by atoms with Crippen LogP contribution in [0.2, 0.25) is 0 Å². The van der Waals surface area contributed by atoms with Crippen LogP contribution in [0.15, 0.2) is 18.2 Å². The highest BCUT2D eigenvalue weighted by atomic mass is 16.1. The van der Waals surface area contributed by atoms with Crippen molar-refractivity contribution >= 4 is 11.6 Å². The average molecular weight is 283 g/mol. The van der Waals surface area contributed by atoms with Crippen LogP contribution in [0.5, 0.6) is 0 Å². The number of nitrogens with one attached hydrogen (secondary N) is 1. The van der Waals surface area contributed by atoms with Crippen LogP contribution in [-0.4, -0.2) is 12.5 Å². The van der Waals surface area contributed by atoms with E-state index in [1.165, 1.54) is 0 Å². The highest BCUT2D eigenvalue weighted by Crippen LogP contribution is 2.20. The second-order valence-electron chi connectivity index (χ2n) is 6.05. The summed E-state index contributed by atoms with van der Waals surface area (Å²) in [4.78, 5) is 11.6. The van der Waals surface area contributed by atoms with E-state index in [1.807, 2.05) is 6.07 Å². The normalized spacial score (nSPS) is 10.2. The summed E-state index contributed by atoms with van der Waals surface area (Å²) < 4.78 is 0. The van der Waals surface area contributed by atoms with Gasteiger partial charge >= 0.3 is 0 Å². The number of carbonyl (C=O) groups excluding carboxylic acids is 1. The molecule has 0 fully saturated rings. The number of nitrogens with two attached hydrogens (primary N) is 1. The molecule has 0 heterocycles. The van der Waals surface area contributed by atoms with E-state index in [-0.39, 0.29) is 17.9 Å². The summed E-state index contributed by atoms with van der Waals surface area (Å²) in [5, 5.41) is 11.6. The molecule has 0 unspecified atom stereocenters. The molecule has 3 N–H and O–H groups in total. The van der Waals surface area contributed by atoms with Crippen molar-refractivity contribution in [1.29, 1.82) is 5.26 Å². The van der Waals surface area contributed by atoms with Gasteiger partial charge < -0.3 is 11.1 Å². The molecule has 1 amide bonds. The van der Waals surface area contributed by atoms with Gasteiger partial charge in [0, 0.05) is 17.7 Å². The molecule has 110 valence electrons. The van der Waals surface area contributed by atoms with E-state index in [1.54, 1.807) is 18.2 Å². The van der Waals surface area contributed by atoms with Crippen molar-refractivity contribution in [3.05, 3.63) is 29.3 Å². The summed E-state index contributed by atoms with van der Waals surface area (Å²) in [5.41, 5.74) is 7.58. The van der Waals surface area contributed by atoms with E-state index in [0.29, 0.717) is 23.2 Å². The van der Waals surface area contributed by atoms with Gasteiger partial charge in [0.25, 0.3) is 0 Å². The molecule has 1 aromatic rings. The smallest absolute Gasteiger partial charge is 0.220 e. The van der Waals surface area contributed by atoms with Crippen molar-refractivity contribution in [2.45, 2.75) is 33.6 Å². The van der Waals surface area contributed by atoms with Gasteiger partial charge in [-0.25, -0.2) is 0 Å². The molecule has 0 aliphatic carbocycles. The monoisotopic (exact) mass is 283 g/mol. The highest BCUT2D eigenvalue weighted by molar-refractivity contribution is 5.76. The third-order valence-corrected chi connectivity index (χ3v) is 2.88. The summed E-state index contributed by atoms with van der Waals surface area (Å²) in [6.45, 7) is 6.58. The molecular weight excluding hydrogens is 262 g/mol. The van der Waals surface area contributed by atoms with Gasteiger partial charge in [0.2, 0.25) is 5.91 Å². The Morgan fingerprint density at radius 2 is 2.10 bits per heavy atom. The molecular formula is C17H21N3O. The minimum Gasteiger partial charge on any atom is -0.398 e. The van der Waals surface area contributed by atoms with Crippen molar-refractivity contribution in [1.82, 2.24) is 5.32 Å². The SMILES string of the molecule is CC(C)(C)CCC(=O)NCC#Cc1cc(C#N)ccc1N. The summed E-state index contributed by atoms with van der Waals surface area (Å²) in [6.07, 6.45) is 1.33. The molecule has 0 atom stereocenters. The van der Waals surface area contributed by atoms with Gasteiger partial charge in [-0.15, -0.1) is 0 Å². The Morgan fingerprint density at radius 3 is 2.71 bits per heavy atom. The Labute approximate surface area is 126 Å². The van der Waals surface area contributed by atoms with Gasteiger partial charge in [0.15, 0.2) is 0 Å². The molecule has 0 aromatic heterocycles. The summed E-state index contributed by atoms with van der Waals surface area (Å²) in [6, 6.07) is 6.99. The number of benzene rings is 1. The number of nitrogens with zero attached hydrogens (tertiary/aromatic N) is 1. The second-order valence-corrected chi connectivity index (χ2v) is 6.05. The van der Waals surface area contributed by atoms with Gasteiger partial charge in [-0.2, -0.15) is 5.26 Å². The molecule has 0 bridgehead atoms. The largest absolute Gasteiger partial charge is 0.398 e.